The molecule has 1 aromatic heterocycles. The number of benzene rings is 2. The Hall–Kier alpha value is -3.01. The fourth-order valence-corrected chi connectivity index (χ4v) is 2.35. The van der Waals surface area contributed by atoms with Gasteiger partial charge in [-0.2, -0.15) is 0 Å². The maximum absolute atomic E-state index is 12.3. The third kappa shape index (κ3) is 3.80. The number of rotatable bonds is 4. The highest BCUT2D eigenvalue weighted by Gasteiger charge is 2.19. The van der Waals surface area contributed by atoms with Crippen molar-refractivity contribution in [3.05, 3.63) is 89.9 Å². The predicted octanol–water partition coefficient (Wildman–Crippen LogP) is 4.50. The average molecular weight is 306 g/mol. The van der Waals surface area contributed by atoms with Crippen LogP contribution >= 0.6 is 0 Å². The highest BCUT2D eigenvalue weighted by Crippen LogP contribution is 2.22. The van der Waals surface area contributed by atoms with E-state index >= 15 is 0 Å². The maximum Gasteiger partial charge on any atom is 0.320 e. The number of carbonyl (C=O) groups is 1. The molecule has 0 aliphatic rings. The Morgan fingerprint density at radius 1 is 0.957 bits per heavy atom. The molecule has 0 saturated heterocycles. The van der Waals surface area contributed by atoms with Gasteiger partial charge in [-0.1, -0.05) is 48.0 Å². The number of nitrogens with one attached hydrogen (secondary N) is 2. The quantitative estimate of drug-likeness (QED) is 0.745. The van der Waals surface area contributed by atoms with E-state index in [0.717, 1.165) is 16.8 Å². The molecule has 1 atom stereocenters. The number of hydrogen-bond acceptors (Lipinski definition) is 2. The van der Waals surface area contributed by atoms with Crippen molar-refractivity contribution < 1.29 is 9.21 Å². The molecule has 0 bridgehead atoms. The van der Waals surface area contributed by atoms with E-state index in [4.69, 9.17) is 4.42 Å². The van der Waals surface area contributed by atoms with Crippen LogP contribution < -0.4 is 10.6 Å². The van der Waals surface area contributed by atoms with Crippen molar-refractivity contribution in [1.82, 2.24) is 5.32 Å². The Morgan fingerprint density at radius 3 is 2.35 bits per heavy atom. The summed E-state index contributed by atoms with van der Waals surface area (Å²) in [6.45, 7) is 2.01. The van der Waals surface area contributed by atoms with E-state index in [9.17, 15) is 4.79 Å². The van der Waals surface area contributed by atoms with Crippen molar-refractivity contribution in [3.8, 4) is 0 Å². The number of carbonyl (C=O) groups excluding carboxylic acids is 1. The number of hydrogen-bond donors (Lipinski definition) is 2. The normalized spacial score (nSPS) is 11.7. The van der Waals surface area contributed by atoms with E-state index < -0.39 is 0 Å². The minimum atomic E-state index is -0.336. The number of furan rings is 1. The molecular formula is C19H18N2O2. The molecule has 0 saturated carbocycles. The van der Waals surface area contributed by atoms with E-state index in [2.05, 4.69) is 10.6 Å². The van der Waals surface area contributed by atoms with Gasteiger partial charge >= 0.3 is 6.03 Å². The molecule has 0 fully saturated rings. The Labute approximate surface area is 135 Å². The predicted molar refractivity (Wildman–Crippen MR) is 90.3 cm³/mol. The molecule has 1 unspecified atom stereocenters. The summed E-state index contributed by atoms with van der Waals surface area (Å²) >= 11 is 0. The Morgan fingerprint density at radius 2 is 1.70 bits per heavy atom. The molecule has 2 aromatic carbocycles. The van der Waals surface area contributed by atoms with Crippen molar-refractivity contribution in [1.29, 1.82) is 0 Å². The summed E-state index contributed by atoms with van der Waals surface area (Å²) in [5.41, 5.74) is 2.86. The molecule has 4 nitrogen and oxygen atoms in total. The maximum atomic E-state index is 12.3. The van der Waals surface area contributed by atoms with Crippen LogP contribution in [0.5, 0.6) is 0 Å². The van der Waals surface area contributed by atoms with Crippen LogP contribution in [0, 0.1) is 6.92 Å². The average Bonchev–Trinajstić information content (AvgIpc) is 3.10. The Balaban J connectivity index is 1.76. The molecular weight excluding hydrogens is 288 g/mol. The second-order valence-corrected chi connectivity index (χ2v) is 5.32. The largest absolute Gasteiger partial charge is 0.467 e. The molecule has 0 spiro atoms. The summed E-state index contributed by atoms with van der Waals surface area (Å²) in [5, 5.41) is 5.79. The van der Waals surface area contributed by atoms with Gasteiger partial charge in [-0.3, -0.25) is 0 Å². The summed E-state index contributed by atoms with van der Waals surface area (Å²) in [7, 11) is 0. The summed E-state index contributed by atoms with van der Waals surface area (Å²) in [6.07, 6.45) is 1.60. The molecule has 1 heterocycles. The topological polar surface area (TPSA) is 54.3 Å². The van der Waals surface area contributed by atoms with Gasteiger partial charge in [-0.15, -0.1) is 0 Å². The lowest BCUT2D eigenvalue weighted by Gasteiger charge is -2.17. The van der Waals surface area contributed by atoms with Crippen LogP contribution in [0.25, 0.3) is 0 Å². The molecule has 0 aliphatic carbocycles. The van der Waals surface area contributed by atoms with E-state index in [1.165, 1.54) is 0 Å². The molecule has 4 heteroatoms. The molecule has 2 amide bonds. The summed E-state index contributed by atoms with van der Waals surface area (Å²) in [5.74, 6) is 0.690. The third-order valence-corrected chi connectivity index (χ3v) is 3.55. The second-order valence-electron chi connectivity index (χ2n) is 5.32. The van der Waals surface area contributed by atoms with Gasteiger partial charge in [0.2, 0.25) is 0 Å². The van der Waals surface area contributed by atoms with Gasteiger partial charge in [0.1, 0.15) is 11.8 Å². The number of urea groups is 1. The summed E-state index contributed by atoms with van der Waals surface area (Å²) < 4.78 is 5.47. The van der Waals surface area contributed by atoms with Crippen molar-refractivity contribution in [2.45, 2.75) is 13.0 Å². The minimum absolute atomic E-state index is 0.279. The van der Waals surface area contributed by atoms with Gasteiger partial charge in [0.25, 0.3) is 0 Å². The fourth-order valence-electron chi connectivity index (χ4n) is 2.35. The highest BCUT2D eigenvalue weighted by atomic mass is 16.3. The Bertz CT molecular complexity index is 750. The molecule has 2 N–H and O–H groups in total. The first kappa shape index (κ1) is 14.9. The first-order valence-corrected chi connectivity index (χ1v) is 7.45. The third-order valence-electron chi connectivity index (χ3n) is 3.55. The zero-order valence-corrected chi connectivity index (χ0v) is 12.8. The first-order chi connectivity index (χ1) is 11.2. The van der Waals surface area contributed by atoms with Gasteiger partial charge in [0, 0.05) is 5.69 Å². The molecule has 116 valence electrons. The zero-order valence-electron chi connectivity index (χ0n) is 12.8. The zero-order chi connectivity index (χ0) is 16.1. The Kier molecular flexibility index (Phi) is 4.43. The number of aryl methyl sites for hydroxylation is 1. The van der Waals surface area contributed by atoms with Crippen molar-refractivity contribution >= 4 is 11.7 Å². The molecule has 3 aromatic rings. The highest BCUT2D eigenvalue weighted by molar-refractivity contribution is 5.89. The smallest absolute Gasteiger partial charge is 0.320 e. The second kappa shape index (κ2) is 6.83. The van der Waals surface area contributed by atoms with Crippen molar-refractivity contribution in [3.63, 3.8) is 0 Å². The van der Waals surface area contributed by atoms with Gasteiger partial charge < -0.3 is 15.1 Å². The monoisotopic (exact) mass is 306 g/mol. The van der Waals surface area contributed by atoms with Crippen molar-refractivity contribution in [2.24, 2.45) is 0 Å². The summed E-state index contributed by atoms with van der Waals surface area (Å²) in [4.78, 5) is 12.3. The number of anilines is 1. The lowest BCUT2D eigenvalue weighted by molar-refractivity contribution is 0.248. The van der Waals surface area contributed by atoms with Crippen LogP contribution in [-0.4, -0.2) is 6.03 Å². The molecule has 23 heavy (non-hydrogen) atoms. The first-order valence-electron chi connectivity index (χ1n) is 7.45. The van der Waals surface area contributed by atoms with E-state index in [-0.39, 0.29) is 12.1 Å². The fraction of sp³-hybridized carbons (Fsp3) is 0.105. The molecule has 0 aliphatic heterocycles. The van der Waals surface area contributed by atoms with Gasteiger partial charge in [-0.05, 0) is 36.8 Å². The van der Waals surface area contributed by atoms with Crippen LogP contribution in [0.15, 0.2) is 77.4 Å². The van der Waals surface area contributed by atoms with Gasteiger partial charge in [-0.25, -0.2) is 4.79 Å². The van der Waals surface area contributed by atoms with Crippen LogP contribution in [-0.2, 0) is 0 Å². The minimum Gasteiger partial charge on any atom is -0.467 e. The molecule has 0 radical (unpaired) electrons. The standard InChI is InChI=1S/C19H18N2O2/c1-14-9-11-16(12-10-14)20-19(22)21-18(17-8-5-13-23-17)15-6-3-2-4-7-15/h2-13,18H,1H3,(H2,20,21,22). The van der Waals surface area contributed by atoms with Crippen molar-refractivity contribution in [2.75, 3.05) is 5.32 Å². The van der Waals surface area contributed by atoms with Crippen LogP contribution in [0.2, 0.25) is 0 Å². The van der Waals surface area contributed by atoms with Gasteiger partial charge in [0.05, 0.1) is 6.26 Å². The van der Waals surface area contributed by atoms with Crippen LogP contribution in [0.1, 0.15) is 22.9 Å². The lowest BCUT2D eigenvalue weighted by atomic mass is 10.1. The SMILES string of the molecule is Cc1ccc(NC(=O)NC(c2ccccc2)c2ccco2)cc1. The van der Waals surface area contributed by atoms with Gasteiger partial charge in [0.15, 0.2) is 0 Å². The lowest BCUT2D eigenvalue weighted by Crippen LogP contribution is -2.33. The van der Waals surface area contributed by atoms with E-state index in [1.807, 2.05) is 73.7 Å². The number of amides is 2. The molecule has 3 rings (SSSR count). The summed E-state index contributed by atoms with van der Waals surface area (Å²) in [6, 6.07) is 20.4. The van der Waals surface area contributed by atoms with E-state index in [0.29, 0.717) is 5.76 Å². The van der Waals surface area contributed by atoms with E-state index in [1.54, 1.807) is 6.26 Å². The van der Waals surface area contributed by atoms with Crippen LogP contribution in [0.3, 0.4) is 0 Å². The van der Waals surface area contributed by atoms with Crippen LogP contribution in [0.4, 0.5) is 10.5 Å².